The molecule has 0 fully saturated rings. The molecule has 0 saturated heterocycles. The van der Waals surface area contributed by atoms with Gasteiger partial charge in [0.15, 0.2) is 9.84 Å². The maximum atomic E-state index is 11.8. The van der Waals surface area contributed by atoms with Crippen LogP contribution in [0.15, 0.2) is 27.6 Å². The van der Waals surface area contributed by atoms with Gasteiger partial charge in [0.1, 0.15) is 0 Å². The highest BCUT2D eigenvalue weighted by Gasteiger charge is 2.36. The molecule has 0 amide bonds. The van der Waals surface area contributed by atoms with Crippen molar-refractivity contribution in [1.82, 2.24) is 4.72 Å². The summed E-state index contributed by atoms with van der Waals surface area (Å²) in [6.45, 7) is 0. The van der Waals surface area contributed by atoms with Crippen molar-refractivity contribution in [3.8, 4) is 0 Å². The zero-order valence-electron chi connectivity index (χ0n) is 8.84. The van der Waals surface area contributed by atoms with Crippen LogP contribution in [0.5, 0.6) is 0 Å². The summed E-state index contributed by atoms with van der Waals surface area (Å²) in [6, 6.07) is 4.11. The topological polar surface area (TPSA) is 80.3 Å². The van der Waals surface area contributed by atoms with Crippen molar-refractivity contribution in [3.63, 3.8) is 0 Å². The largest absolute Gasteiger partial charge is 0.224 e. The van der Waals surface area contributed by atoms with E-state index in [2.05, 4.69) is 20.7 Å². The van der Waals surface area contributed by atoms with Crippen LogP contribution in [0.4, 0.5) is 0 Å². The Bertz CT molecular complexity index is 666. The van der Waals surface area contributed by atoms with Gasteiger partial charge in [-0.3, -0.25) is 0 Å². The summed E-state index contributed by atoms with van der Waals surface area (Å²) in [7, 11) is -6.84. The van der Waals surface area contributed by atoms with Gasteiger partial charge in [0.05, 0.1) is 22.9 Å². The van der Waals surface area contributed by atoms with Gasteiger partial charge in [0.25, 0.3) is 0 Å². The first kappa shape index (κ1) is 13.0. The van der Waals surface area contributed by atoms with Crippen LogP contribution in [0, 0.1) is 0 Å². The summed E-state index contributed by atoms with van der Waals surface area (Å²) < 4.78 is 49.0. The molecule has 1 N–H and O–H groups in total. The van der Waals surface area contributed by atoms with E-state index in [1.165, 1.54) is 6.07 Å². The van der Waals surface area contributed by atoms with E-state index in [9.17, 15) is 16.8 Å². The Hall–Kier alpha value is -0.440. The molecule has 2 rings (SSSR count). The van der Waals surface area contributed by atoms with E-state index < -0.39 is 25.9 Å². The molecule has 1 atom stereocenters. The van der Waals surface area contributed by atoms with Gasteiger partial charge in [-0.2, -0.15) is 0 Å². The highest BCUT2D eigenvalue weighted by atomic mass is 79.9. The van der Waals surface area contributed by atoms with Crippen LogP contribution in [0.25, 0.3) is 0 Å². The molecule has 0 bridgehead atoms. The van der Waals surface area contributed by atoms with Crippen molar-refractivity contribution in [2.45, 2.75) is 10.9 Å². The summed E-state index contributed by atoms with van der Waals surface area (Å²) in [4.78, 5) is 0.188. The zero-order valence-corrected chi connectivity index (χ0v) is 12.1. The van der Waals surface area contributed by atoms with Gasteiger partial charge in [-0.25, -0.2) is 21.6 Å². The average Bonchev–Trinajstić information content (AvgIpc) is 2.35. The Labute approximate surface area is 108 Å². The molecule has 1 aromatic rings. The second kappa shape index (κ2) is 4.04. The fourth-order valence-electron chi connectivity index (χ4n) is 1.82. The van der Waals surface area contributed by atoms with Gasteiger partial charge in [-0.1, -0.05) is 22.0 Å². The second-order valence-corrected chi connectivity index (χ2v) is 8.60. The molecule has 1 aromatic carbocycles. The molecular weight excluding hydrogens is 330 g/mol. The number of nitrogens with one attached hydrogen (secondary N) is 1. The number of rotatable bonds is 2. The van der Waals surface area contributed by atoms with E-state index >= 15 is 0 Å². The van der Waals surface area contributed by atoms with Crippen molar-refractivity contribution in [1.29, 1.82) is 0 Å². The van der Waals surface area contributed by atoms with Gasteiger partial charge in [-0.15, -0.1) is 0 Å². The summed E-state index contributed by atoms with van der Waals surface area (Å²) in [5.74, 6) is -0.230. The maximum Gasteiger partial charge on any atom is 0.209 e. The van der Waals surface area contributed by atoms with Crippen molar-refractivity contribution in [2.24, 2.45) is 0 Å². The number of halogens is 1. The van der Waals surface area contributed by atoms with Gasteiger partial charge in [-0.05, 0) is 17.7 Å². The molecule has 94 valence electrons. The Morgan fingerprint density at radius 2 is 2.06 bits per heavy atom. The van der Waals surface area contributed by atoms with Crippen LogP contribution in [-0.2, 0) is 19.9 Å². The summed E-state index contributed by atoms with van der Waals surface area (Å²) in [6.07, 6.45) is 1.01. The van der Waals surface area contributed by atoms with Gasteiger partial charge >= 0.3 is 0 Å². The fraction of sp³-hybridized carbons (Fsp3) is 0.333. The molecule has 0 radical (unpaired) electrons. The number of hydrogen-bond donors (Lipinski definition) is 1. The minimum atomic E-state index is -3.44. The Balaban J connectivity index is 2.53. The molecule has 0 saturated carbocycles. The first-order valence-corrected chi connectivity index (χ1v) is 9.02. The highest BCUT2D eigenvalue weighted by molar-refractivity contribution is 9.10. The molecule has 1 aliphatic rings. The van der Waals surface area contributed by atoms with Crippen molar-refractivity contribution >= 4 is 35.8 Å². The van der Waals surface area contributed by atoms with E-state index in [1.807, 2.05) is 0 Å². The molecule has 0 aromatic heterocycles. The number of benzene rings is 1. The predicted octanol–water partition coefficient (Wildman–Crippen LogP) is 0.827. The van der Waals surface area contributed by atoms with Gasteiger partial charge in [0, 0.05) is 4.47 Å². The van der Waals surface area contributed by atoms with Crippen LogP contribution < -0.4 is 4.72 Å². The summed E-state index contributed by atoms with van der Waals surface area (Å²) in [5, 5.41) is 0. The lowest BCUT2D eigenvalue weighted by Crippen LogP contribution is -2.28. The lowest BCUT2D eigenvalue weighted by Gasteiger charge is -2.10. The molecule has 17 heavy (non-hydrogen) atoms. The van der Waals surface area contributed by atoms with Crippen LogP contribution in [0.1, 0.15) is 11.6 Å². The van der Waals surface area contributed by atoms with Crippen molar-refractivity contribution in [3.05, 3.63) is 28.2 Å². The van der Waals surface area contributed by atoms with E-state index in [1.54, 1.807) is 12.1 Å². The van der Waals surface area contributed by atoms with E-state index in [4.69, 9.17) is 0 Å². The third kappa shape index (κ3) is 2.70. The zero-order chi connectivity index (χ0) is 12.8. The minimum absolute atomic E-state index is 0.188. The Morgan fingerprint density at radius 3 is 2.65 bits per heavy atom. The van der Waals surface area contributed by atoms with E-state index in [0.29, 0.717) is 10.0 Å². The van der Waals surface area contributed by atoms with Crippen LogP contribution >= 0.6 is 15.9 Å². The quantitative estimate of drug-likeness (QED) is 0.865. The third-order valence-corrected chi connectivity index (χ3v) is 5.43. The second-order valence-electron chi connectivity index (χ2n) is 3.91. The number of sulfonamides is 1. The Kier molecular flexibility index (Phi) is 3.09. The first-order valence-electron chi connectivity index (χ1n) is 4.68. The minimum Gasteiger partial charge on any atom is -0.224 e. The van der Waals surface area contributed by atoms with Crippen LogP contribution in [-0.4, -0.2) is 28.8 Å². The van der Waals surface area contributed by atoms with Gasteiger partial charge < -0.3 is 0 Å². The van der Waals surface area contributed by atoms with Gasteiger partial charge in [0.2, 0.25) is 10.0 Å². The molecule has 0 spiro atoms. The van der Waals surface area contributed by atoms with Crippen molar-refractivity contribution in [2.75, 3.05) is 12.0 Å². The molecule has 1 unspecified atom stereocenters. The molecule has 1 aliphatic heterocycles. The standard InChI is InChI=1S/C9H10BrNO4S2/c1-16(12,13)11-8-5-17(14,15)9-4-6(10)2-3-7(8)9/h2-4,8,11H,5H2,1H3. The molecule has 1 heterocycles. The maximum absolute atomic E-state index is 11.8. The molecule has 8 heteroatoms. The number of fused-ring (bicyclic) bond motifs is 1. The third-order valence-electron chi connectivity index (χ3n) is 2.43. The molecule has 0 aliphatic carbocycles. The number of sulfone groups is 1. The Morgan fingerprint density at radius 1 is 1.41 bits per heavy atom. The van der Waals surface area contributed by atoms with Crippen LogP contribution in [0.3, 0.4) is 0 Å². The first-order chi connectivity index (χ1) is 7.69. The van der Waals surface area contributed by atoms with E-state index in [0.717, 1.165) is 6.26 Å². The normalized spacial score (nSPS) is 22.4. The average molecular weight is 340 g/mol. The number of hydrogen-bond acceptors (Lipinski definition) is 4. The van der Waals surface area contributed by atoms with E-state index in [-0.39, 0.29) is 10.6 Å². The van der Waals surface area contributed by atoms with Crippen molar-refractivity contribution < 1.29 is 16.8 Å². The summed E-state index contributed by atoms with van der Waals surface area (Å²) in [5.41, 5.74) is 0.499. The predicted molar refractivity (Wildman–Crippen MR) is 66.9 cm³/mol. The SMILES string of the molecule is CS(=O)(=O)NC1CS(=O)(=O)c2cc(Br)ccc21. The monoisotopic (exact) mass is 339 g/mol. The molecule has 5 nitrogen and oxygen atoms in total. The summed E-state index contributed by atoms with van der Waals surface area (Å²) >= 11 is 3.19. The lowest BCUT2D eigenvalue weighted by atomic mass is 10.1. The highest BCUT2D eigenvalue weighted by Crippen LogP contribution is 2.35. The smallest absolute Gasteiger partial charge is 0.209 e. The molecular formula is C9H10BrNO4S2. The van der Waals surface area contributed by atoms with Crippen LogP contribution in [0.2, 0.25) is 0 Å². The lowest BCUT2D eigenvalue weighted by molar-refractivity contribution is 0.572. The fourth-order valence-corrected chi connectivity index (χ4v) is 4.92.